The van der Waals surface area contributed by atoms with Crippen molar-refractivity contribution in [1.29, 1.82) is 0 Å². The SMILES string of the molecule is C1#CC(c2cccnc2)=CC=CC1.CC(=O)O.CC/C=c1/[nH]cn/c1=C/CSC.CC1CCCCC1. The number of imidazole rings is 1. The molecule has 0 bridgehead atoms. The van der Waals surface area contributed by atoms with Gasteiger partial charge in [-0.15, -0.1) is 0 Å². The molecular formula is C30H41N3O2S. The van der Waals surface area contributed by atoms with E-state index in [4.69, 9.17) is 9.90 Å². The zero-order valence-corrected chi connectivity index (χ0v) is 23.0. The lowest BCUT2D eigenvalue weighted by atomic mass is 9.91. The summed E-state index contributed by atoms with van der Waals surface area (Å²) in [4.78, 5) is 20.4. The molecule has 2 aliphatic rings. The second-order valence-corrected chi connectivity index (χ2v) is 9.40. The lowest BCUT2D eigenvalue weighted by Crippen LogP contribution is -2.24. The number of nitrogens with one attached hydrogen (secondary N) is 1. The van der Waals surface area contributed by atoms with Gasteiger partial charge in [0.15, 0.2) is 0 Å². The normalized spacial score (nSPS) is 15.4. The van der Waals surface area contributed by atoms with Crippen LogP contribution in [-0.2, 0) is 4.79 Å². The van der Waals surface area contributed by atoms with E-state index in [1.54, 1.807) is 24.3 Å². The Labute approximate surface area is 220 Å². The number of aromatic nitrogens is 3. The molecule has 0 spiro atoms. The Hall–Kier alpha value is -3.04. The number of pyridine rings is 1. The molecule has 6 heteroatoms. The van der Waals surface area contributed by atoms with Crippen molar-refractivity contribution >= 4 is 35.5 Å². The zero-order chi connectivity index (χ0) is 26.4. The highest BCUT2D eigenvalue weighted by Crippen LogP contribution is 2.22. The Kier molecular flexibility index (Phi) is 17.4. The third-order valence-corrected chi connectivity index (χ3v) is 5.76. The monoisotopic (exact) mass is 507 g/mol. The van der Waals surface area contributed by atoms with Gasteiger partial charge in [0, 0.05) is 42.6 Å². The third-order valence-electron chi connectivity index (χ3n) is 5.26. The molecule has 0 saturated heterocycles. The number of thioether (sulfide) groups is 1. The minimum atomic E-state index is -0.833. The maximum absolute atomic E-state index is 9.00. The Morgan fingerprint density at radius 3 is 2.61 bits per heavy atom. The number of aromatic amines is 1. The summed E-state index contributed by atoms with van der Waals surface area (Å²) in [5, 5.41) is 9.64. The lowest BCUT2D eigenvalue weighted by Gasteiger charge is -2.15. The summed E-state index contributed by atoms with van der Waals surface area (Å²) in [6.07, 6.45) is 27.1. The van der Waals surface area contributed by atoms with Gasteiger partial charge >= 0.3 is 0 Å². The Morgan fingerprint density at radius 1 is 1.28 bits per heavy atom. The van der Waals surface area contributed by atoms with Crippen LogP contribution >= 0.6 is 11.8 Å². The highest BCUT2D eigenvalue weighted by Gasteiger charge is 2.06. The fourth-order valence-corrected chi connectivity index (χ4v) is 3.81. The Morgan fingerprint density at radius 2 is 2.03 bits per heavy atom. The average Bonchev–Trinajstić information content (AvgIpc) is 3.14. The number of carboxylic acids is 1. The van der Waals surface area contributed by atoms with Gasteiger partial charge in [-0.3, -0.25) is 9.78 Å². The van der Waals surface area contributed by atoms with Crippen LogP contribution in [0.2, 0.25) is 0 Å². The molecule has 2 aromatic rings. The average molecular weight is 508 g/mol. The number of allylic oxidation sites excluding steroid dienone is 4. The van der Waals surface area contributed by atoms with Crippen molar-refractivity contribution in [1.82, 2.24) is 15.0 Å². The van der Waals surface area contributed by atoms with Crippen LogP contribution in [-0.4, -0.2) is 38.0 Å². The first kappa shape index (κ1) is 31.0. The molecule has 2 aromatic heterocycles. The van der Waals surface area contributed by atoms with Gasteiger partial charge in [-0.25, -0.2) is 4.98 Å². The molecule has 0 aromatic carbocycles. The Balaban J connectivity index is 0.000000260. The van der Waals surface area contributed by atoms with Gasteiger partial charge in [0.25, 0.3) is 5.97 Å². The molecule has 2 heterocycles. The van der Waals surface area contributed by atoms with Gasteiger partial charge in [0.1, 0.15) is 0 Å². The first-order valence-corrected chi connectivity index (χ1v) is 14.0. The van der Waals surface area contributed by atoms with Gasteiger partial charge in [-0.1, -0.05) is 82.1 Å². The first-order chi connectivity index (χ1) is 17.5. The molecule has 0 unspecified atom stereocenters. The van der Waals surface area contributed by atoms with Gasteiger partial charge in [-0.05, 0) is 36.8 Å². The molecule has 5 nitrogen and oxygen atoms in total. The smallest absolute Gasteiger partial charge is 0.300 e. The van der Waals surface area contributed by atoms with E-state index < -0.39 is 5.97 Å². The van der Waals surface area contributed by atoms with Crippen LogP contribution in [0.3, 0.4) is 0 Å². The minimum absolute atomic E-state index is 0.833. The standard InChI is InChI=1S/C12H9N.C9H14N2S.C7H14.C2H4O2/c1-2-4-7-11(6-3-1)12-8-5-9-13-10-12;1-3-4-8-9(5-6-12-2)11-7-10-8;1-7-5-3-2-4-6-7;1-2(3)4/h1,3,5-6,8-10H,2H2;4-5,7H,3,6H2,1-2H3,(H,10,11);7H,2-6H2,1H3;1H3,(H,3,4)/b;8-4+,9-5+;;. The van der Waals surface area contributed by atoms with Crippen LogP contribution in [0.4, 0.5) is 0 Å². The summed E-state index contributed by atoms with van der Waals surface area (Å²) in [6, 6.07) is 3.94. The van der Waals surface area contributed by atoms with Crippen LogP contribution in [0.1, 0.15) is 71.3 Å². The summed E-state index contributed by atoms with van der Waals surface area (Å²) in [6.45, 7) is 5.57. The molecule has 0 amide bonds. The number of hydrogen-bond acceptors (Lipinski definition) is 4. The summed E-state index contributed by atoms with van der Waals surface area (Å²) < 4.78 is 0. The van der Waals surface area contributed by atoms with Crippen molar-refractivity contribution in [3.05, 3.63) is 65.3 Å². The molecule has 36 heavy (non-hydrogen) atoms. The fourth-order valence-electron chi connectivity index (χ4n) is 3.48. The van der Waals surface area contributed by atoms with E-state index in [2.05, 4.69) is 65.1 Å². The topological polar surface area (TPSA) is 78.9 Å². The maximum atomic E-state index is 9.00. The lowest BCUT2D eigenvalue weighted by molar-refractivity contribution is -0.134. The second kappa shape index (κ2) is 20.2. The van der Waals surface area contributed by atoms with Crippen LogP contribution in [0.25, 0.3) is 17.7 Å². The van der Waals surface area contributed by atoms with E-state index in [1.165, 1.54) is 32.1 Å². The Bertz CT molecular complexity index is 1100. The zero-order valence-electron chi connectivity index (χ0n) is 22.2. The number of hydrogen-bond donors (Lipinski definition) is 2. The number of H-pyrrole nitrogens is 1. The van der Waals surface area contributed by atoms with Crippen LogP contribution in [0.15, 0.2) is 49.1 Å². The van der Waals surface area contributed by atoms with E-state index in [1.807, 2.05) is 30.5 Å². The summed E-state index contributed by atoms with van der Waals surface area (Å²) >= 11 is 1.80. The predicted molar refractivity (Wildman–Crippen MR) is 155 cm³/mol. The van der Waals surface area contributed by atoms with Crippen LogP contribution < -0.4 is 10.7 Å². The summed E-state index contributed by atoms with van der Waals surface area (Å²) in [7, 11) is 0. The van der Waals surface area contributed by atoms with Crippen LogP contribution in [0, 0.1) is 17.8 Å². The molecular weight excluding hydrogens is 466 g/mol. The van der Waals surface area contributed by atoms with E-state index in [9.17, 15) is 0 Å². The molecule has 2 N–H and O–H groups in total. The molecule has 4 rings (SSSR count). The van der Waals surface area contributed by atoms with Crippen molar-refractivity contribution in [2.45, 2.75) is 65.7 Å². The highest BCUT2D eigenvalue weighted by molar-refractivity contribution is 7.98. The number of rotatable bonds is 4. The summed E-state index contributed by atoms with van der Waals surface area (Å²) in [5.41, 5.74) is 2.13. The van der Waals surface area contributed by atoms with Crippen molar-refractivity contribution in [3.8, 4) is 11.8 Å². The van der Waals surface area contributed by atoms with Crippen molar-refractivity contribution in [2.24, 2.45) is 5.92 Å². The molecule has 0 atom stereocenters. The predicted octanol–water partition coefficient (Wildman–Crippen LogP) is 5.85. The van der Waals surface area contributed by atoms with E-state index >= 15 is 0 Å². The quantitative estimate of drug-likeness (QED) is 0.508. The second-order valence-electron chi connectivity index (χ2n) is 8.49. The van der Waals surface area contributed by atoms with Crippen LogP contribution in [0.5, 0.6) is 0 Å². The fraction of sp³-hybridized carbons (Fsp3) is 0.433. The van der Waals surface area contributed by atoms with Crippen molar-refractivity contribution < 1.29 is 9.90 Å². The number of carboxylic acid groups (broad SMARTS) is 1. The van der Waals surface area contributed by atoms with Gasteiger partial charge in [-0.2, -0.15) is 11.8 Å². The molecule has 1 fully saturated rings. The summed E-state index contributed by atoms with van der Waals surface area (Å²) in [5.74, 6) is 7.40. The van der Waals surface area contributed by atoms with Gasteiger partial charge in [0.2, 0.25) is 0 Å². The van der Waals surface area contributed by atoms with Crippen molar-refractivity contribution in [2.75, 3.05) is 12.0 Å². The highest BCUT2D eigenvalue weighted by atomic mass is 32.2. The molecule has 0 radical (unpaired) electrons. The number of nitrogens with zero attached hydrogens (tertiary/aromatic N) is 2. The minimum Gasteiger partial charge on any atom is -0.481 e. The van der Waals surface area contributed by atoms with E-state index in [-0.39, 0.29) is 0 Å². The first-order valence-electron chi connectivity index (χ1n) is 12.6. The van der Waals surface area contributed by atoms with E-state index in [0.717, 1.165) is 53.3 Å². The van der Waals surface area contributed by atoms with E-state index in [0.29, 0.717) is 0 Å². The molecule has 2 aliphatic carbocycles. The van der Waals surface area contributed by atoms with Crippen molar-refractivity contribution in [3.63, 3.8) is 0 Å². The number of carbonyl (C=O) groups is 1. The number of aliphatic carboxylic acids is 1. The van der Waals surface area contributed by atoms with Gasteiger partial charge in [0.05, 0.1) is 17.0 Å². The third kappa shape index (κ3) is 15.1. The maximum Gasteiger partial charge on any atom is 0.300 e. The molecule has 0 aliphatic heterocycles. The largest absolute Gasteiger partial charge is 0.481 e. The molecule has 194 valence electrons. The molecule has 1 saturated carbocycles. The van der Waals surface area contributed by atoms with Gasteiger partial charge < -0.3 is 10.1 Å².